The van der Waals surface area contributed by atoms with E-state index in [1.165, 1.54) is 0 Å². The summed E-state index contributed by atoms with van der Waals surface area (Å²) in [6, 6.07) is -0.160. The molecule has 1 aromatic rings. The highest BCUT2D eigenvalue weighted by atomic mass is 19.2. The predicted octanol–water partition coefficient (Wildman–Crippen LogP) is 3.87. The minimum Gasteiger partial charge on any atom is -0.353 e. The van der Waals surface area contributed by atoms with E-state index < -0.39 is 47.0 Å². The molecule has 3 atom stereocenters. The summed E-state index contributed by atoms with van der Waals surface area (Å²) in [5.74, 6) is -10.4. The van der Waals surface area contributed by atoms with Crippen molar-refractivity contribution in [3.8, 4) is 0 Å². The fourth-order valence-corrected chi connectivity index (χ4v) is 3.01. The van der Waals surface area contributed by atoms with Crippen LogP contribution in [0.15, 0.2) is 0 Å². The van der Waals surface area contributed by atoms with Gasteiger partial charge in [0.25, 0.3) is 0 Å². The number of carbonyl (C=O) groups is 1. The normalized spacial score (nSPS) is 24.6. The summed E-state index contributed by atoms with van der Waals surface area (Å²) >= 11 is 0. The third-order valence-electron chi connectivity index (χ3n) is 4.69. The van der Waals surface area contributed by atoms with Gasteiger partial charge in [-0.25, -0.2) is 22.0 Å². The number of carbonyl (C=O) groups excluding carboxylic acids is 1. The molecule has 128 valence electrons. The van der Waals surface area contributed by atoms with Gasteiger partial charge in [0, 0.05) is 11.6 Å². The second-order valence-electron chi connectivity index (χ2n) is 6.17. The number of halogens is 5. The van der Waals surface area contributed by atoms with Crippen LogP contribution in [0.5, 0.6) is 0 Å². The predicted molar refractivity (Wildman–Crippen MR) is 74.0 cm³/mol. The summed E-state index contributed by atoms with van der Waals surface area (Å²) in [6.07, 6.45) is 1.79. The average Bonchev–Trinajstić information content (AvgIpc) is 2.52. The first kappa shape index (κ1) is 17.7. The standard InChI is InChI=1S/C16H18F5NO/c1-7-4-3-5-10(8(7)2)22-11(23)6-9-12(17)14(19)16(21)15(20)13(9)18/h7-8,10H,3-6H2,1-2H3,(H,22,23)/t7-,8-,10+/m1/s1. The molecule has 1 aliphatic carbocycles. The number of amides is 1. The minimum absolute atomic E-state index is 0.160. The van der Waals surface area contributed by atoms with Crippen LogP contribution in [0.4, 0.5) is 22.0 Å². The Balaban J connectivity index is 2.15. The Hall–Kier alpha value is -1.66. The van der Waals surface area contributed by atoms with Gasteiger partial charge in [-0.2, -0.15) is 0 Å². The number of hydrogen-bond donors (Lipinski definition) is 1. The molecule has 0 bridgehead atoms. The average molecular weight is 335 g/mol. The van der Waals surface area contributed by atoms with Gasteiger partial charge >= 0.3 is 0 Å². The van der Waals surface area contributed by atoms with Crippen molar-refractivity contribution in [3.63, 3.8) is 0 Å². The quantitative estimate of drug-likeness (QED) is 0.507. The van der Waals surface area contributed by atoms with Crippen LogP contribution in [0.25, 0.3) is 0 Å². The molecule has 1 N–H and O–H groups in total. The SMILES string of the molecule is C[C@@H]1[C@H](C)CCC[C@@H]1NC(=O)Cc1c(F)c(F)c(F)c(F)c1F. The lowest BCUT2D eigenvalue weighted by molar-refractivity contribution is -0.122. The van der Waals surface area contributed by atoms with Crippen LogP contribution < -0.4 is 5.32 Å². The Bertz CT molecular complexity index is 590. The zero-order chi connectivity index (χ0) is 17.3. The van der Waals surface area contributed by atoms with E-state index in [1.807, 2.05) is 13.8 Å². The molecular weight excluding hydrogens is 317 g/mol. The Kier molecular flexibility index (Phi) is 5.26. The van der Waals surface area contributed by atoms with Crippen LogP contribution in [0.3, 0.4) is 0 Å². The molecule has 0 spiro atoms. The molecule has 0 saturated heterocycles. The molecule has 2 rings (SSSR count). The van der Waals surface area contributed by atoms with Gasteiger partial charge in [0.15, 0.2) is 23.3 Å². The molecule has 2 nitrogen and oxygen atoms in total. The Morgan fingerprint density at radius 2 is 1.48 bits per heavy atom. The van der Waals surface area contributed by atoms with Gasteiger partial charge in [0.1, 0.15) is 0 Å². The van der Waals surface area contributed by atoms with Crippen molar-refractivity contribution < 1.29 is 26.7 Å². The van der Waals surface area contributed by atoms with Crippen LogP contribution in [0, 0.1) is 40.9 Å². The third kappa shape index (κ3) is 3.48. The minimum atomic E-state index is -2.22. The van der Waals surface area contributed by atoms with E-state index in [2.05, 4.69) is 5.32 Å². The first-order valence-electron chi connectivity index (χ1n) is 7.53. The molecular formula is C16H18F5NO. The maximum absolute atomic E-state index is 13.6. The second kappa shape index (κ2) is 6.84. The van der Waals surface area contributed by atoms with Gasteiger partial charge in [-0.1, -0.05) is 26.7 Å². The molecule has 1 amide bonds. The van der Waals surface area contributed by atoms with Crippen LogP contribution in [0.2, 0.25) is 0 Å². The Morgan fingerprint density at radius 1 is 0.957 bits per heavy atom. The van der Waals surface area contributed by atoms with Gasteiger partial charge in [-0.15, -0.1) is 0 Å². The van der Waals surface area contributed by atoms with Crippen molar-refractivity contribution in [1.82, 2.24) is 5.32 Å². The number of rotatable bonds is 3. The largest absolute Gasteiger partial charge is 0.353 e. The van der Waals surface area contributed by atoms with Crippen molar-refractivity contribution in [2.75, 3.05) is 0 Å². The maximum atomic E-state index is 13.6. The van der Waals surface area contributed by atoms with Gasteiger partial charge in [-0.05, 0) is 18.3 Å². The number of nitrogens with one attached hydrogen (secondary N) is 1. The topological polar surface area (TPSA) is 29.1 Å². The smallest absolute Gasteiger partial charge is 0.224 e. The van der Waals surface area contributed by atoms with Crippen molar-refractivity contribution in [2.45, 2.75) is 45.6 Å². The van der Waals surface area contributed by atoms with Gasteiger partial charge in [0.05, 0.1) is 6.42 Å². The van der Waals surface area contributed by atoms with Gasteiger partial charge < -0.3 is 5.32 Å². The monoisotopic (exact) mass is 335 g/mol. The molecule has 1 aromatic carbocycles. The van der Waals surface area contributed by atoms with E-state index in [9.17, 15) is 26.7 Å². The molecule has 1 fully saturated rings. The first-order valence-corrected chi connectivity index (χ1v) is 7.53. The number of hydrogen-bond acceptors (Lipinski definition) is 1. The van der Waals surface area contributed by atoms with Crippen LogP contribution in [-0.2, 0) is 11.2 Å². The van der Waals surface area contributed by atoms with Gasteiger partial charge in [0.2, 0.25) is 11.7 Å². The molecule has 23 heavy (non-hydrogen) atoms. The molecule has 0 radical (unpaired) electrons. The zero-order valence-corrected chi connectivity index (χ0v) is 12.9. The summed E-state index contributed by atoms with van der Waals surface area (Å²) in [5.41, 5.74) is -1.10. The lowest BCUT2D eigenvalue weighted by Crippen LogP contribution is -2.44. The van der Waals surface area contributed by atoms with Crippen LogP contribution >= 0.6 is 0 Å². The van der Waals surface area contributed by atoms with Crippen molar-refractivity contribution >= 4 is 5.91 Å². The fourth-order valence-electron chi connectivity index (χ4n) is 3.01. The van der Waals surface area contributed by atoms with Crippen molar-refractivity contribution in [1.29, 1.82) is 0 Å². The van der Waals surface area contributed by atoms with Gasteiger partial charge in [-0.3, -0.25) is 4.79 Å². The number of benzene rings is 1. The van der Waals surface area contributed by atoms with E-state index in [-0.39, 0.29) is 12.0 Å². The summed E-state index contributed by atoms with van der Waals surface area (Å²) in [7, 11) is 0. The van der Waals surface area contributed by atoms with E-state index >= 15 is 0 Å². The highest BCUT2D eigenvalue weighted by Gasteiger charge is 2.30. The molecule has 1 aliphatic rings. The zero-order valence-electron chi connectivity index (χ0n) is 12.9. The molecule has 0 heterocycles. The summed E-state index contributed by atoms with van der Waals surface area (Å²) in [6.45, 7) is 4.01. The lowest BCUT2D eigenvalue weighted by atomic mass is 9.78. The molecule has 0 aromatic heterocycles. The summed E-state index contributed by atoms with van der Waals surface area (Å²) < 4.78 is 66.4. The molecule has 0 aliphatic heterocycles. The highest BCUT2D eigenvalue weighted by molar-refractivity contribution is 5.79. The fraction of sp³-hybridized carbons (Fsp3) is 0.562. The molecule has 0 unspecified atom stereocenters. The first-order chi connectivity index (χ1) is 10.7. The molecule has 7 heteroatoms. The Labute approximate surface area is 131 Å². The highest BCUT2D eigenvalue weighted by Crippen LogP contribution is 2.30. The Morgan fingerprint density at radius 3 is 2.04 bits per heavy atom. The van der Waals surface area contributed by atoms with Crippen LogP contribution in [-0.4, -0.2) is 11.9 Å². The summed E-state index contributed by atoms with van der Waals surface area (Å²) in [4.78, 5) is 12.0. The van der Waals surface area contributed by atoms with E-state index in [0.29, 0.717) is 5.92 Å². The summed E-state index contributed by atoms with van der Waals surface area (Å²) in [5, 5.41) is 2.64. The van der Waals surface area contributed by atoms with E-state index in [0.717, 1.165) is 19.3 Å². The van der Waals surface area contributed by atoms with E-state index in [1.54, 1.807) is 0 Å². The lowest BCUT2D eigenvalue weighted by Gasteiger charge is -2.34. The molecule has 1 saturated carbocycles. The third-order valence-corrected chi connectivity index (χ3v) is 4.69. The van der Waals surface area contributed by atoms with E-state index in [4.69, 9.17) is 0 Å². The second-order valence-corrected chi connectivity index (χ2v) is 6.17. The van der Waals surface area contributed by atoms with Crippen molar-refractivity contribution in [3.05, 3.63) is 34.6 Å². The van der Waals surface area contributed by atoms with Crippen LogP contribution in [0.1, 0.15) is 38.7 Å². The van der Waals surface area contributed by atoms with Crippen molar-refractivity contribution in [2.24, 2.45) is 11.8 Å². The maximum Gasteiger partial charge on any atom is 0.224 e.